The van der Waals surface area contributed by atoms with Gasteiger partial charge in [0.05, 0.1) is 0 Å². The Hall–Kier alpha value is -1.89. The molecule has 0 atom stereocenters. The number of hydrogen-bond donors (Lipinski definition) is 0. The average molecular weight is 365 g/mol. The van der Waals surface area contributed by atoms with Crippen LogP contribution in [0.1, 0.15) is 100 Å². The van der Waals surface area contributed by atoms with Crippen LogP contribution in [0.15, 0.2) is 36.4 Å². The van der Waals surface area contributed by atoms with Gasteiger partial charge in [-0.2, -0.15) is 0 Å². The van der Waals surface area contributed by atoms with Gasteiger partial charge >= 0.3 is 0 Å². The van der Waals surface area contributed by atoms with Crippen molar-refractivity contribution in [1.29, 1.82) is 0 Å². The maximum absolute atomic E-state index is 11.5. The Morgan fingerprint density at radius 3 is 1.78 bits per heavy atom. The second-order valence-electron chi connectivity index (χ2n) is 10.9. The van der Waals surface area contributed by atoms with Crippen LogP contribution in [0.4, 0.5) is 0 Å². The second-order valence-corrected chi connectivity index (χ2v) is 10.9. The number of benzene rings is 2. The largest absolute Gasteiger partial charge is 0.298 e. The Balaban J connectivity index is 2.60. The highest BCUT2D eigenvalue weighted by atomic mass is 16.1. The van der Waals surface area contributed by atoms with Gasteiger partial charge in [-0.15, -0.1) is 0 Å². The summed E-state index contributed by atoms with van der Waals surface area (Å²) in [5, 5.41) is 0. The summed E-state index contributed by atoms with van der Waals surface area (Å²) in [5.41, 5.74) is 7.51. The minimum absolute atomic E-state index is 0.0217. The smallest absolute Gasteiger partial charge is 0.150 e. The van der Waals surface area contributed by atoms with Gasteiger partial charge in [0.2, 0.25) is 0 Å². The van der Waals surface area contributed by atoms with E-state index in [0.29, 0.717) is 0 Å². The maximum Gasteiger partial charge on any atom is 0.150 e. The summed E-state index contributed by atoms with van der Waals surface area (Å²) in [7, 11) is 0. The normalized spacial score (nSPS) is 12.9. The fourth-order valence-electron chi connectivity index (χ4n) is 3.48. The Morgan fingerprint density at radius 2 is 1.30 bits per heavy atom. The van der Waals surface area contributed by atoms with Crippen molar-refractivity contribution in [2.45, 2.75) is 85.0 Å². The lowest BCUT2D eigenvalue weighted by atomic mass is 9.77. The number of carbonyl (C=O) groups is 1. The molecule has 2 aromatic rings. The molecular formula is C26H36O. The summed E-state index contributed by atoms with van der Waals surface area (Å²) in [6, 6.07) is 13.3. The van der Waals surface area contributed by atoms with Crippen molar-refractivity contribution in [2.24, 2.45) is 0 Å². The van der Waals surface area contributed by atoms with Gasteiger partial charge in [-0.05, 0) is 62.6 Å². The van der Waals surface area contributed by atoms with Crippen LogP contribution in [-0.2, 0) is 22.7 Å². The SMILES string of the molecule is CC(C)(C)c1cc(C=O)cc(Cc2cc(C(C)(C)C)ccc2C(C)(C)C)c1. The van der Waals surface area contributed by atoms with Crippen molar-refractivity contribution in [3.63, 3.8) is 0 Å². The van der Waals surface area contributed by atoms with Crippen molar-refractivity contribution < 1.29 is 4.79 Å². The van der Waals surface area contributed by atoms with Crippen LogP contribution in [0.5, 0.6) is 0 Å². The van der Waals surface area contributed by atoms with E-state index in [1.807, 2.05) is 12.1 Å². The van der Waals surface area contributed by atoms with Gasteiger partial charge < -0.3 is 0 Å². The van der Waals surface area contributed by atoms with Gasteiger partial charge in [0.15, 0.2) is 0 Å². The quantitative estimate of drug-likeness (QED) is 0.537. The van der Waals surface area contributed by atoms with Crippen LogP contribution < -0.4 is 0 Å². The Bertz CT molecular complexity index is 821. The molecule has 0 aromatic heterocycles. The molecule has 0 aliphatic heterocycles. The summed E-state index contributed by atoms with van der Waals surface area (Å²) < 4.78 is 0. The number of rotatable bonds is 3. The first-order valence-corrected chi connectivity index (χ1v) is 9.95. The molecule has 2 rings (SSSR count). The van der Waals surface area contributed by atoms with E-state index >= 15 is 0 Å². The zero-order valence-corrected chi connectivity index (χ0v) is 18.7. The van der Waals surface area contributed by atoms with E-state index in [9.17, 15) is 4.79 Å². The summed E-state index contributed by atoms with van der Waals surface area (Å²) >= 11 is 0. The first-order chi connectivity index (χ1) is 12.2. The molecule has 0 N–H and O–H groups in total. The van der Waals surface area contributed by atoms with Gasteiger partial charge in [-0.25, -0.2) is 0 Å². The van der Waals surface area contributed by atoms with E-state index in [0.717, 1.165) is 18.3 Å². The van der Waals surface area contributed by atoms with Crippen LogP contribution in [0.2, 0.25) is 0 Å². The number of aldehydes is 1. The molecule has 0 aliphatic carbocycles. The molecule has 0 spiro atoms. The molecule has 0 heterocycles. The molecule has 1 nitrogen and oxygen atoms in total. The fraction of sp³-hybridized carbons (Fsp3) is 0.500. The Labute approximate surface area is 166 Å². The molecule has 0 amide bonds. The van der Waals surface area contributed by atoms with Gasteiger partial charge in [-0.3, -0.25) is 4.79 Å². The molecule has 1 heteroatoms. The molecule has 0 unspecified atom stereocenters. The molecule has 0 aliphatic rings. The van der Waals surface area contributed by atoms with Crippen LogP contribution in [0.25, 0.3) is 0 Å². The third-order valence-corrected chi connectivity index (χ3v) is 5.19. The van der Waals surface area contributed by atoms with Crippen LogP contribution >= 0.6 is 0 Å². The molecule has 27 heavy (non-hydrogen) atoms. The van der Waals surface area contributed by atoms with Gasteiger partial charge in [0.1, 0.15) is 6.29 Å². The predicted molar refractivity (Wildman–Crippen MR) is 117 cm³/mol. The highest BCUT2D eigenvalue weighted by molar-refractivity contribution is 5.75. The summed E-state index contributed by atoms with van der Waals surface area (Å²) in [5.74, 6) is 0. The molecule has 0 saturated heterocycles. The minimum Gasteiger partial charge on any atom is -0.298 e. The molecule has 0 bridgehead atoms. The molecule has 0 radical (unpaired) electrons. The molecular weight excluding hydrogens is 328 g/mol. The molecule has 0 fully saturated rings. The van der Waals surface area contributed by atoms with Crippen molar-refractivity contribution in [3.05, 3.63) is 69.8 Å². The van der Waals surface area contributed by atoms with Crippen molar-refractivity contribution in [3.8, 4) is 0 Å². The van der Waals surface area contributed by atoms with E-state index < -0.39 is 0 Å². The van der Waals surface area contributed by atoms with E-state index in [4.69, 9.17) is 0 Å². The zero-order valence-electron chi connectivity index (χ0n) is 18.7. The lowest BCUT2D eigenvalue weighted by Crippen LogP contribution is -2.18. The molecule has 2 aromatic carbocycles. The number of hydrogen-bond acceptors (Lipinski definition) is 1. The Morgan fingerprint density at radius 1 is 0.704 bits per heavy atom. The zero-order chi connectivity index (χ0) is 20.6. The summed E-state index contributed by atoms with van der Waals surface area (Å²) in [6.07, 6.45) is 1.82. The third-order valence-electron chi connectivity index (χ3n) is 5.19. The van der Waals surface area contributed by atoms with E-state index in [1.165, 1.54) is 27.8 Å². The highest BCUT2D eigenvalue weighted by Gasteiger charge is 2.22. The maximum atomic E-state index is 11.5. The van der Waals surface area contributed by atoms with E-state index in [1.54, 1.807) is 0 Å². The molecule has 0 saturated carbocycles. The first-order valence-electron chi connectivity index (χ1n) is 9.95. The first kappa shape index (κ1) is 21.4. The predicted octanol–water partition coefficient (Wildman–Crippen LogP) is 6.98. The third kappa shape index (κ3) is 5.31. The summed E-state index contributed by atoms with van der Waals surface area (Å²) in [6.45, 7) is 20.2. The van der Waals surface area contributed by atoms with Crippen LogP contribution in [0, 0.1) is 0 Å². The standard InChI is InChI=1S/C26H36O/c1-24(2,3)21-10-11-23(26(7,8)9)20(16-21)13-18-12-19(17-27)15-22(14-18)25(4,5)6/h10-12,14-17H,13H2,1-9H3. The average Bonchev–Trinajstić information content (AvgIpc) is 2.51. The second kappa shape index (κ2) is 7.26. The highest BCUT2D eigenvalue weighted by Crippen LogP contribution is 2.33. The number of carbonyl (C=O) groups excluding carboxylic acids is 1. The monoisotopic (exact) mass is 364 g/mol. The topological polar surface area (TPSA) is 17.1 Å². The van der Waals surface area contributed by atoms with Crippen molar-refractivity contribution in [2.75, 3.05) is 0 Å². The Kier molecular flexibility index (Phi) is 5.76. The minimum atomic E-state index is 0.0217. The van der Waals surface area contributed by atoms with Gasteiger partial charge in [0.25, 0.3) is 0 Å². The van der Waals surface area contributed by atoms with Crippen LogP contribution in [0.3, 0.4) is 0 Å². The fourth-order valence-corrected chi connectivity index (χ4v) is 3.48. The van der Waals surface area contributed by atoms with Crippen molar-refractivity contribution >= 4 is 6.29 Å². The lowest BCUT2D eigenvalue weighted by molar-refractivity contribution is 0.112. The van der Waals surface area contributed by atoms with Crippen LogP contribution in [-0.4, -0.2) is 6.29 Å². The van der Waals surface area contributed by atoms with Gasteiger partial charge in [0, 0.05) is 5.56 Å². The van der Waals surface area contributed by atoms with Gasteiger partial charge in [-0.1, -0.05) is 86.6 Å². The van der Waals surface area contributed by atoms with E-state index in [-0.39, 0.29) is 16.2 Å². The molecule has 146 valence electrons. The summed E-state index contributed by atoms with van der Waals surface area (Å²) in [4.78, 5) is 11.5. The van der Waals surface area contributed by atoms with E-state index in [2.05, 4.69) is 86.6 Å². The lowest BCUT2D eigenvalue weighted by Gasteiger charge is -2.27. The van der Waals surface area contributed by atoms with Crippen molar-refractivity contribution in [1.82, 2.24) is 0 Å².